The van der Waals surface area contributed by atoms with Gasteiger partial charge in [0.1, 0.15) is 16.5 Å². The lowest BCUT2D eigenvalue weighted by molar-refractivity contribution is -0.130. The second-order valence-electron chi connectivity index (χ2n) is 8.10. The van der Waals surface area contributed by atoms with E-state index in [1.807, 2.05) is 4.90 Å². The van der Waals surface area contributed by atoms with Crippen molar-refractivity contribution in [2.45, 2.75) is 20.6 Å². The van der Waals surface area contributed by atoms with Crippen LogP contribution in [0.25, 0.3) is 10.9 Å². The highest BCUT2D eigenvalue weighted by Crippen LogP contribution is 2.37. The molecular weight excluding hydrogens is 537 g/mol. The van der Waals surface area contributed by atoms with Gasteiger partial charge in [0.05, 0.1) is 24.8 Å². The number of benzene rings is 2. The first-order valence-electron chi connectivity index (χ1n) is 10.7. The van der Waals surface area contributed by atoms with Crippen molar-refractivity contribution < 1.29 is 22.7 Å². The van der Waals surface area contributed by atoms with Gasteiger partial charge in [0.2, 0.25) is 9.84 Å². The fourth-order valence-electron chi connectivity index (χ4n) is 4.21. The second-order valence-corrected chi connectivity index (χ2v) is 12.3. The lowest BCUT2D eigenvalue weighted by Crippen LogP contribution is -2.51. The van der Waals surface area contributed by atoms with Crippen LogP contribution >= 0.6 is 34.8 Å². The van der Waals surface area contributed by atoms with Gasteiger partial charge in [-0.25, -0.2) is 8.42 Å². The molecule has 0 bridgehead atoms. The summed E-state index contributed by atoms with van der Waals surface area (Å²) >= 11 is 17.2. The number of carbonyl (C=O) groups excluding carboxylic acids is 1. The lowest BCUT2D eigenvalue weighted by Gasteiger charge is -2.37. The SMILES string of the molecule is COc1ccc2[nH]c(S(=O)(=O)c3ccc(OC)c(N4CCN(C(=O)C(Cl)(Cl)Cl)CC4)c3)c(C)c2c1. The molecular formula is C23H24Cl3N3O5S. The topological polar surface area (TPSA) is 91.9 Å². The fraction of sp³-hybridized carbons (Fsp3) is 0.348. The number of sulfone groups is 1. The number of rotatable bonds is 5. The summed E-state index contributed by atoms with van der Waals surface area (Å²) in [5, 5.41) is 0.890. The van der Waals surface area contributed by atoms with Crippen LogP contribution in [0.15, 0.2) is 46.3 Å². The molecule has 1 aliphatic rings. The van der Waals surface area contributed by atoms with Crippen molar-refractivity contribution in [3.05, 3.63) is 42.0 Å². The van der Waals surface area contributed by atoms with E-state index in [4.69, 9.17) is 44.3 Å². The Morgan fingerprint density at radius 2 is 1.69 bits per heavy atom. The Labute approximate surface area is 218 Å². The summed E-state index contributed by atoms with van der Waals surface area (Å²) in [6.45, 7) is 3.22. The zero-order valence-corrected chi connectivity index (χ0v) is 22.4. The molecule has 0 radical (unpaired) electrons. The van der Waals surface area contributed by atoms with Crippen LogP contribution in [0.1, 0.15) is 5.56 Å². The molecule has 1 aliphatic heterocycles. The van der Waals surface area contributed by atoms with E-state index < -0.39 is 19.5 Å². The fourth-order valence-corrected chi connectivity index (χ4v) is 6.07. The van der Waals surface area contributed by atoms with E-state index in [9.17, 15) is 13.2 Å². The van der Waals surface area contributed by atoms with E-state index in [2.05, 4.69) is 4.98 Å². The zero-order valence-electron chi connectivity index (χ0n) is 19.3. The van der Waals surface area contributed by atoms with Crippen molar-refractivity contribution in [1.29, 1.82) is 0 Å². The minimum absolute atomic E-state index is 0.120. The van der Waals surface area contributed by atoms with Gasteiger partial charge in [-0.2, -0.15) is 0 Å². The van der Waals surface area contributed by atoms with E-state index >= 15 is 0 Å². The predicted octanol–water partition coefficient (Wildman–Crippen LogP) is 4.35. The van der Waals surface area contributed by atoms with Crippen LogP contribution in [0.2, 0.25) is 0 Å². The zero-order chi connectivity index (χ0) is 25.5. The van der Waals surface area contributed by atoms with E-state index in [-0.39, 0.29) is 9.92 Å². The summed E-state index contributed by atoms with van der Waals surface area (Å²) in [4.78, 5) is 18.9. The van der Waals surface area contributed by atoms with Crippen molar-refractivity contribution in [2.24, 2.45) is 0 Å². The smallest absolute Gasteiger partial charge is 0.274 e. The molecule has 1 N–H and O–H groups in total. The minimum Gasteiger partial charge on any atom is -0.497 e. The Bertz CT molecular complexity index is 1380. The number of aromatic amines is 1. The Balaban J connectivity index is 1.67. The van der Waals surface area contributed by atoms with Gasteiger partial charge in [-0.3, -0.25) is 4.79 Å². The first-order valence-corrected chi connectivity index (χ1v) is 13.3. The van der Waals surface area contributed by atoms with Gasteiger partial charge in [0, 0.05) is 37.1 Å². The van der Waals surface area contributed by atoms with Crippen LogP contribution in [0, 0.1) is 6.92 Å². The number of H-pyrrole nitrogens is 1. The maximum absolute atomic E-state index is 13.6. The van der Waals surface area contributed by atoms with E-state index in [1.54, 1.807) is 44.4 Å². The van der Waals surface area contributed by atoms with Crippen LogP contribution in [0.4, 0.5) is 5.69 Å². The van der Waals surface area contributed by atoms with Crippen molar-refractivity contribution in [3.63, 3.8) is 0 Å². The quantitative estimate of drug-likeness (QED) is 0.467. The average molecular weight is 561 g/mol. The Morgan fingerprint density at radius 1 is 1.00 bits per heavy atom. The number of carbonyl (C=O) groups is 1. The summed E-state index contributed by atoms with van der Waals surface area (Å²) in [6.07, 6.45) is 0. The number of fused-ring (bicyclic) bond motifs is 1. The maximum atomic E-state index is 13.6. The molecule has 1 saturated heterocycles. The largest absolute Gasteiger partial charge is 0.497 e. The van der Waals surface area contributed by atoms with Gasteiger partial charge in [-0.1, -0.05) is 34.8 Å². The van der Waals surface area contributed by atoms with Crippen LogP contribution < -0.4 is 14.4 Å². The number of ether oxygens (including phenoxy) is 2. The number of nitrogens with zero attached hydrogens (tertiary/aromatic N) is 2. The number of aryl methyl sites for hydroxylation is 1. The molecule has 0 saturated carbocycles. The van der Waals surface area contributed by atoms with Crippen molar-refractivity contribution in [3.8, 4) is 11.5 Å². The highest BCUT2D eigenvalue weighted by atomic mass is 35.6. The number of alkyl halides is 3. The molecule has 8 nitrogen and oxygen atoms in total. The first kappa shape index (κ1) is 25.8. The molecule has 0 spiro atoms. The third-order valence-corrected chi connectivity index (χ3v) is 8.40. The van der Waals surface area contributed by atoms with Gasteiger partial charge >= 0.3 is 0 Å². The number of halogens is 3. The standard InChI is InChI=1S/C23H24Cl3N3O5S/c1-14-17-12-15(33-2)4-6-18(17)27-21(14)35(31,32)16-5-7-20(34-3)19(13-16)28-8-10-29(11-9-28)22(30)23(24,25)26/h4-7,12-13,27H,8-11H2,1-3H3. The molecule has 4 rings (SSSR count). The molecule has 0 unspecified atom stereocenters. The summed E-state index contributed by atoms with van der Waals surface area (Å²) in [5.41, 5.74) is 1.91. The highest BCUT2D eigenvalue weighted by Gasteiger charge is 2.37. The minimum atomic E-state index is -3.88. The van der Waals surface area contributed by atoms with Gasteiger partial charge < -0.3 is 24.3 Å². The number of hydrogen-bond acceptors (Lipinski definition) is 6. The molecule has 188 valence electrons. The molecule has 2 aromatic carbocycles. The number of amides is 1. The molecule has 0 atom stereocenters. The number of piperazine rings is 1. The van der Waals surface area contributed by atoms with E-state index in [0.717, 1.165) is 5.39 Å². The van der Waals surface area contributed by atoms with Crippen molar-refractivity contribution in [1.82, 2.24) is 9.88 Å². The molecule has 0 aliphatic carbocycles. The highest BCUT2D eigenvalue weighted by molar-refractivity contribution is 7.91. The van der Waals surface area contributed by atoms with E-state index in [1.165, 1.54) is 18.1 Å². The number of hydrogen-bond donors (Lipinski definition) is 1. The number of anilines is 1. The molecule has 1 fully saturated rings. The first-order chi connectivity index (χ1) is 16.5. The van der Waals surface area contributed by atoms with E-state index in [0.29, 0.717) is 54.4 Å². The maximum Gasteiger partial charge on any atom is 0.274 e. The number of nitrogens with one attached hydrogen (secondary N) is 1. The number of aromatic nitrogens is 1. The van der Waals surface area contributed by atoms with Crippen LogP contribution in [0.5, 0.6) is 11.5 Å². The Kier molecular flexibility index (Phi) is 7.07. The lowest BCUT2D eigenvalue weighted by atomic mass is 10.2. The van der Waals surface area contributed by atoms with Gasteiger partial charge in [-0.15, -0.1) is 0 Å². The molecule has 12 heteroatoms. The molecule has 1 amide bonds. The third kappa shape index (κ3) is 4.87. The summed E-state index contributed by atoms with van der Waals surface area (Å²) in [5.74, 6) is 0.571. The average Bonchev–Trinajstić information content (AvgIpc) is 3.19. The second kappa shape index (κ2) is 9.61. The monoisotopic (exact) mass is 559 g/mol. The molecule has 2 heterocycles. The number of methoxy groups -OCH3 is 2. The third-order valence-electron chi connectivity index (χ3n) is 6.10. The van der Waals surface area contributed by atoms with Crippen molar-refractivity contribution >= 4 is 67.1 Å². The van der Waals surface area contributed by atoms with Gasteiger partial charge in [0.15, 0.2) is 0 Å². The molecule has 3 aromatic rings. The predicted molar refractivity (Wildman–Crippen MR) is 137 cm³/mol. The normalized spacial score (nSPS) is 14.9. The van der Waals surface area contributed by atoms with Crippen LogP contribution in [0.3, 0.4) is 0 Å². The summed E-state index contributed by atoms with van der Waals surface area (Å²) < 4.78 is 36.0. The van der Waals surface area contributed by atoms with Crippen LogP contribution in [-0.2, 0) is 14.6 Å². The summed E-state index contributed by atoms with van der Waals surface area (Å²) in [7, 11) is -0.795. The molecule has 35 heavy (non-hydrogen) atoms. The van der Waals surface area contributed by atoms with Crippen molar-refractivity contribution in [2.75, 3.05) is 45.3 Å². The Morgan fingerprint density at radius 3 is 2.29 bits per heavy atom. The van der Waals surface area contributed by atoms with Crippen LogP contribution in [-0.4, -0.2) is 68.4 Å². The Hall–Kier alpha value is -2.33. The molecule has 1 aromatic heterocycles. The van der Waals surface area contributed by atoms with Gasteiger partial charge in [-0.05, 0) is 48.9 Å². The summed E-state index contributed by atoms with van der Waals surface area (Å²) in [6, 6.07) is 10.1. The van der Waals surface area contributed by atoms with Gasteiger partial charge in [0.25, 0.3) is 9.70 Å².